The highest BCUT2D eigenvalue weighted by Gasteiger charge is 2.12. The average Bonchev–Trinajstić information content (AvgIpc) is 3.00. The maximum absolute atomic E-state index is 12.2. The van der Waals surface area contributed by atoms with Crippen LogP contribution in [0.3, 0.4) is 0 Å². The topological polar surface area (TPSA) is 102 Å². The smallest absolute Gasteiger partial charge is 0.275 e. The fraction of sp³-hybridized carbons (Fsp3) is 0.125. The fourth-order valence-electron chi connectivity index (χ4n) is 2.02. The molecule has 0 bridgehead atoms. The molecule has 0 atom stereocenters. The predicted molar refractivity (Wildman–Crippen MR) is 87.5 cm³/mol. The molecule has 122 valence electrons. The first kappa shape index (κ1) is 15.5. The first-order chi connectivity index (χ1) is 11.7. The van der Waals surface area contributed by atoms with Crippen molar-refractivity contribution in [3.05, 3.63) is 54.0 Å². The van der Waals surface area contributed by atoms with E-state index in [1.807, 2.05) is 24.3 Å². The Balaban J connectivity index is 1.77. The molecule has 3 rings (SSSR count). The van der Waals surface area contributed by atoms with Crippen molar-refractivity contribution >= 4 is 23.4 Å². The molecule has 0 fully saturated rings. The minimum Gasteiger partial charge on any atom is -0.495 e. The van der Waals surface area contributed by atoms with Crippen molar-refractivity contribution in [1.82, 2.24) is 15.1 Å². The summed E-state index contributed by atoms with van der Waals surface area (Å²) in [4.78, 5) is 20.5. The van der Waals surface area contributed by atoms with Gasteiger partial charge in [0.2, 0.25) is 5.95 Å². The second-order valence-corrected chi connectivity index (χ2v) is 4.87. The van der Waals surface area contributed by atoms with Crippen LogP contribution >= 0.6 is 0 Å². The Bertz CT molecular complexity index is 862. The number of methoxy groups -OCH3 is 1. The van der Waals surface area contributed by atoms with Gasteiger partial charge in [-0.25, -0.2) is 9.97 Å². The van der Waals surface area contributed by atoms with Gasteiger partial charge < -0.3 is 19.9 Å². The SMILES string of the molecule is COc1ccccc1Nc1nccc(C(=O)Nc2cc(C)on2)n1. The summed E-state index contributed by atoms with van der Waals surface area (Å²) in [5, 5.41) is 9.34. The number of rotatable bonds is 5. The normalized spacial score (nSPS) is 10.2. The first-order valence-electron chi connectivity index (χ1n) is 7.13. The third-order valence-electron chi connectivity index (χ3n) is 3.11. The van der Waals surface area contributed by atoms with Crippen LogP contribution in [-0.2, 0) is 0 Å². The lowest BCUT2D eigenvalue weighted by Gasteiger charge is -2.10. The van der Waals surface area contributed by atoms with Crippen molar-refractivity contribution in [2.75, 3.05) is 17.7 Å². The van der Waals surface area contributed by atoms with E-state index >= 15 is 0 Å². The first-order valence-corrected chi connectivity index (χ1v) is 7.13. The molecular formula is C16H15N5O3. The summed E-state index contributed by atoms with van der Waals surface area (Å²) in [6.45, 7) is 1.74. The molecule has 0 unspecified atom stereocenters. The summed E-state index contributed by atoms with van der Waals surface area (Å²) in [6.07, 6.45) is 1.49. The van der Waals surface area contributed by atoms with Crippen LogP contribution in [0.15, 0.2) is 47.1 Å². The molecule has 0 aliphatic heterocycles. The van der Waals surface area contributed by atoms with Crippen LogP contribution in [0.4, 0.5) is 17.5 Å². The van der Waals surface area contributed by atoms with E-state index in [-0.39, 0.29) is 11.6 Å². The van der Waals surface area contributed by atoms with E-state index in [1.165, 1.54) is 12.3 Å². The minimum atomic E-state index is -0.409. The van der Waals surface area contributed by atoms with Gasteiger partial charge in [-0.3, -0.25) is 4.79 Å². The Morgan fingerprint density at radius 1 is 1.25 bits per heavy atom. The molecule has 8 nitrogen and oxygen atoms in total. The Labute approximate surface area is 137 Å². The highest BCUT2D eigenvalue weighted by molar-refractivity contribution is 6.02. The van der Waals surface area contributed by atoms with E-state index in [1.54, 1.807) is 20.1 Å². The summed E-state index contributed by atoms with van der Waals surface area (Å²) >= 11 is 0. The minimum absolute atomic E-state index is 0.197. The van der Waals surface area contributed by atoms with Gasteiger partial charge >= 0.3 is 0 Å². The van der Waals surface area contributed by atoms with Crippen LogP contribution in [0.2, 0.25) is 0 Å². The van der Waals surface area contributed by atoms with E-state index in [2.05, 4.69) is 25.8 Å². The molecule has 1 aromatic carbocycles. The van der Waals surface area contributed by atoms with E-state index < -0.39 is 5.91 Å². The zero-order valence-electron chi connectivity index (χ0n) is 13.1. The number of amides is 1. The molecular weight excluding hydrogens is 310 g/mol. The van der Waals surface area contributed by atoms with Crippen molar-refractivity contribution in [2.24, 2.45) is 0 Å². The number of carbonyl (C=O) groups is 1. The number of carbonyl (C=O) groups excluding carboxylic acids is 1. The molecule has 0 saturated carbocycles. The number of benzene rings is 1. The van der Waals surface area contributed by atoms with Crippen molar-refractivity contribution in [3.8, 4) is 5.75 Å². The highest BCUT2D eigenvalue weighted by Crippen LogP contribution is 2.25. The summed E-state index contributed by atoms with van der Waals surface area (Å²) in [5.74, 6) is 1.45. The van der Waals surface area contributed by atoms with Gasteiger partial charge in [0.15, 0.2) is 5.82 Å². The molecule has 0 radical (unpaired) electrons. The van der Waals surface area contributed by atoms with Crippen molar-refractivity contribution in [2.45, 2.75) is 6.92 Å². The van der Waals surface area contributed by atoms with Crippen molar-refractivity contribution < 1.29 is 14.1 Å². The van der Waals surface area contributed by atoms with Gasteiger partial charge in [0.1, 0.15) is 17.2 Å². The number of hydrogen-bond donors (Lipinski definition) is 2. The van der Waals surface area contributed by atoms with Gasteiger partial charge in [-0.1, -0.05) is 17.3 Å². The molecule has 3 aromatic rings. The van der Waals surface area contributed by atoms with Crippen LogP contribution in [0, 0.1) is 6.92 Å². The molecule has 0 saturated heterocycles. The molecule has 2 aromatic heterocycles. The van der Waals surface area contributed by atoms with Gasteiger partial charge in [0.05, 0.1) is 12.8 Å². The zero-order valence-corrected chi connectivity index (χ0v) is 13.1. The van der Waals surface area contributed by atoms with Crippen LogP contribution in [0.25, 0.3) is 0 Å². The highest BCUT2D eigenvalue weighted by atomic mass is 16.5. The molecule has 24 heavy (non-hydrogen) atoms. The van der Waals surface area contributed by atoms with Gasteiger partial charge in [-0.15, -0.1) is 0 Å². The van der Waals surface area contributed by atoms with E-state index in [0.29, 0.717) is 23.0 Å². The lowest BCUT2D eigenvalue weighted by molar-refractivity contribution is 0.102. The predicted octanol–water partition coefficient (Wildman–Crippen LogP) is 2.78. The largest absolute Gasteiger partial charge is 0.495 e. The number of para-hydroxylation sites is 2. The Morgan fingerprint density at radius 2 is 2.08 bits per heavy atom. The van der Waals surface area contributed by atoms with Gasteiger partial charge in [-0.05, 0) is 25.1 Å². The second-order valence-electron chi connectivity index (χ2n) is 4.87. The third kappa shape index (κ3) is 3.49. The molecule has 0 spiro atoms. The number of ether oxygens (including phenoxy) is 1. The maximum atomic E-state index is 12.2. The van der Waals surface area contributed by atoms with Crippen molar-refractivity contribution in [1.29, 1.82) is 0 Å². The average molecular weight is 325 g/mol. The second kappa shape index (κ2) is 6.78. The van der Waals surface area contributed by atoms with E-state index in [0.717, 1.165) is 0 Å². The van der Waals surface area contributed by atoms with Crippen LogP contribution < -0.4 is 15.4 Å². The van der Waals surface area contributed by atoms with Crippen molar-refractivity contribution in [3.63, 3.8) is 0 Å². The Kier molecular flexibility index (Phi) is 4.37. The number of aromatic nitrogens is 3. The monoisotopic (exact) mass is 325 g/mol. The van der Waals surface area contributed by atoms with Gasteiger partial charge in [0.25, 0.3) is 5.91 Å². The zero-order chi connectivity index (χ0) is 16.9. The number of anilines is 3. The number of aryl methyl sites for hydroxylation is 1. The van der Waals surface area contributed by atoms with Gasteiger partial charge in [0, 0.05) is 12.3 Å². The maximum Gasteiger partial charge on any atom is 0.275 e. The Hall–Kier alpha value is -3.42. The van der Waals surface area contributed by atoms with E-state index in [9.17, 15) is 4.79 Å². The molecule has 2 N–H and O–H groups in total. The lowest BCUT2D eigenvalue weighted by atomic mass is 10.3. The summed E-state index contributed by atoms with van der Waals surface area (Å²) in [6, 6.07) is 10.5. The van der Waals surface area contributed by atoms with Crippen LogP contribution in [-0.4, -0.2) is 28.1 Å². The number of nitrogens with one attached hydrogen (secondary N) is 2. The van der Waals surface area contributed by atoms with Crippen LogP contribution in [0.1, 0.15) is 16.2 Å². The fourth-order valence-corrected chi connectivity index (χ4v) is 2.02. The Morgan fingerprint density at radius 3 is 2.83 bits per heavy atom. The molecule has 0 aliphatic carbocycles. The molecule has 1 amide bonds. The van der Waals surface area contributed by atoms with Gasteiger partial charge in [-0.2, -0.15) is 0 Å². The van der Waals surface area contributed by atoms with E-state index in [4.69, 9.17) is 9.26 Å². The summed E-state index contributed by atoms with van der Waals surface area (Å²) in [5.41, 5.74) is 0.896. The summed E-state index contributed by atoms with van der Waals surface area (Å²) in [7, 11) is 1.57. The summed E-state index contributed by atoms with van der Waals surface area (Å²) < 4.78 is 10.2. The molecule has 2 heterocycles. The lowest BCUT2D eigenvalue weighted by Crippen LogP contribution is -2.15. The molecule has 0 aliphatic rings. The number of nitrogens with zero attached hydrogens (tertiary/aromatic N) is 3. The van der Waals surface area contributed by atoms with Crippen LogP contribution in [0.5, 0.6) is 5.75 Å². The third-order valence-corrected chi connectivity index (χ3v) is 3.11. The molecule has 8 heteroatoms. The quantitative estimate of drug-likeness (QED) is 0.743. The standard InChI is InChI=1S/C16H15N5O3/c1-10-9-14(21-24-10)20-15(22)12-7-8-17-16(19-12)18-11-5-3-4-6-13(11)23-2/h3-9H,1-2H3,(H,17,18,19)(H,20,21,22). The number of hydrogen-bond acceptors (Lipinski definition) is 7.